The third-order valence-corrected chi connectivity index (χ3v) is 2.83. The highest BCUT2D eigenvalue weighted by atomic mass is 15.4. The van der Waals surface area contributed by atoms with Crippen LogP contribution in [-0.2, 0) is 13.5 Å². The Morgan fingerprint density at radius 3 is 2.76 bits per heavy atom. The number of nitrogens with one attached hydrogen (secondary N) is 1. The van der Waals surface area contributed by atoms with Gasteiger partial charge in [-0.05, 0) is 18.1 Å². The normalized spacial score (nSPS) is 12.6. The van der Waals surface area contributed by atoms with Crippen LogP contribution in [0.1, 0.15) is 22.9 Å². The first-order valence-corrected chi connectivity index (χ1v) is 5.57. The summed E-state index contributed by atoms with van der Waals surface area (Å²) in [6.07, 6.45) is 2.64. The van der Waals surface area contributed by atoms with Crippen LogP contribution in [0.4, 0.5) is 0 Å². The fourth-order valence-corrected chi connectivity index (χ4v) is 1.93. The topological polar surface area (TPSA) is 68.8 Å². The molecule has 1 heterocycles. The molecular weight excluding hydrogens is 214 g/mol. The zero-order valence-electron chi connectivity index (χ0n) is 10.1. The fraction of sp³-hybridized carbons (Fsp3) is 0.333. The van der Waals surface area contributed by atoms with Crippen molar-refractivity contribution in [3.05, 3.63) is 47.3 Å². The van der Waals surface area contributed by atoms with Crippen LogP contribution in [0.25, 0.3) is 0 Å². The van der Waals surface area contributed by atoms with Crippen molar-refractivity contribution in [3.63, 3.8) is 0 Å². The highest BCUT2D eigenvalue weighted by Crippen LogP contribution is 2.19. The van der Waals surface area contributed by atoms with Crippen LogP contribution in [0.3, 0.4) is 0 Å². The van der Waals surface area contributed by atoms with Crippen molar-refractivity contribution in [2.24, 2.45) is 12.9 Å². The average Bonchev–Trinajstić information content (AvgIpc) is 2.73. The smallest absolute Gasteiger partial charge is 0.0846 e. The third-order valence-electron chi connectivity index (χ3n) is 2.83. The van der Waals surface area contributed by atoms with Gasteiger partial charge < -0.3 is 0 Å². The van der Waals surface area contributed by atoms with Gasteiger partial charge in [0.1, 0.15) is 0 Å². The number of aryl methyl sites for hydroxylation is 2. The van der Waals surface area contributed by atoms with Crippen molar-refractivity contribution in [2.75, 3.05) is 0 Å². The SMILES string of the molecule is Cc1ccccc1C(Cc1cn(C)nn1)NN. The standard InChI is InChI=1S/C12H17N5/c1-9-5-3-4-6-11(9)12(14-13)7-10-8-17(2)16-15-10/h3-6,8,12,14H,7,13H2,1-2H3. The highest BCUT2D eigenvalue weighted by molar-refractivity contribution is 5.29. The van der Waals surface area contributed by atoms with Gasteiger partial charge in [-0.15, -0.1) is 5.10 Å². The number of benzene rings is 1. The first-order valence-electron chi connectivity index (χ1n) is 5.57. The Kier molecular flexibility index (Phi) is 3.51. The lowest BCUT2D eigenvalue weighted by Crippen LogP contribution is -2.30. The molecule has 0 aliphatic carbocycles. The maximum absolute atomic E-state index is 5.62. The van der Waals surface area contributed by atoms with Gasteiger partial charge in [0.15, 0.2) is 0 Å². The second-order valence-corrected chi connectivity index (χ2v) is 4.16. The van der Waals surface area contributed by atoms with E-state index in [9.17, 15) is 0 Å². The molecule has 1 atom stereocenters. The fourth-order valence-electron chi connectivity index (χ4n) is 1.93. The molecule has 0 aliphatic heterocycles. The second-order valence-electron chi connectivity index (χ2n) is 4.16. The van der Waals surface area contributed by atoms with Crippen LogP contribution in [-0.4, -0.2) is 15.0 Å². The van der Waals surface area contributed by atoms with Crippen molar-refractivity contribution >= 4 is 0 Å². The van der Waals surface area contributed by atoms with Gasteiger partial charge in [0, 0.05) is 19.7 Å². The van der Waals surface area contributed by atoms with Crippen LogP contribution in [0.2, 0.25) is 0 Å². The molecule has 2 rings (SSSR count). The van der Waals surface area contributed by atoms with Gasteiger partial charge in [-0.3, -0.25) is 16.0 Å². The summed E-state index contributed by atoms with van der Waals surface area (Å²) in [5.41, 5.74) is 6.19. The Bertz CT molecular complexity index is 491. The first kappa shape index (κ1) is 11.8. The zero-order valence-corrected chi connectivity index (χ0v) is 10.1. The van der Waals surface area contributed by atoms with Crippen LogP contribution in [0.5, 0.6) is 0 Å². The first-order chi connectivity index (χ1) is 8.20. The summed E-state index contributed by atoms with van der Waals surface area (Å²) >= 11 is 0. The van der Waals surface area contributed by atoms with Crippen LogP contribution in [0.15, 0.2) is 30.5 Å². The number of hydrazine groups is 1. The van der Waals surface area contributed by atoms with Gasteiger partial charge in [0.25, 0.3) is 0 Å². The van der Waals surface area contributed by atoms with Gasteiger partial charge in [-0.25, -0.2) is 0 Å². The second kappa shape index (κ2) is 5.07. The Hall–Kier alpha value is -1.72. The lowest BCUT2D eigenvalue weighted by atomic mass is 9.98. The molecule has 3 N–H and O–H groups in total. The molecule has 0 fully saturated rings. The number of rotatable bonds is 4. The van der Waals surface area contributed by atoms with Crippen molar-refractivity contribution in [2.45, 2.75) is 19.4 Å². The van der Waals surface area contributed by atoms with E-state index in [0.717, 1.165) is 12.1 Å². The molecule has 0 aliphatic rings. The van der Waals surface area contributed by atoms with Crippen LogP contribution < -0.4 is 11.3 Å². The minimum Gasteiger partial charge on any atom is -0.271 e. The van der Waals surface area contributed by atoms with E-state index in [0.29, 0.717) is 0 Å². The minimum absolute atomic E-state index is 0.0629. The van der Waals surface area contributed by atoms with Crippen molar-refractivity contribution in [1.29, 1.82) is 0 Å². The number of aromatic nitrogens is 3. The van der Waals surface area contributed by atoms with E-state index in [1.165, 1.54) is 11.1 Å². The summed E-state index contributed by atoms with van der Waals surface area (Å²) in [4.78, 5) is 0. The van der Waals surface area contributed by atoms with Crippen LogP contribution in [0, 0.1) is 6.92 Å². The summed E-state index contributed by atoms with van der Waals surface area (Å²) in [6, 6.07) is 8.26. The van der Waals surface area contributed by atoms with E-state index < -0.39 is 0 Å². The van der Waals surface area contributed by atoms with E-state index >= 15 is 0 Å². The maximum atomic E-state index is 5.62. The molecule has 0 saturated heterocycles. The number of nitrogens with zero attached hydrogens (tertiary/aromatic N) is 3. The highest BCUT2D eigenvalue weighted by Gasteiger charge is 2.14. The zero-order chi connectivity index (χ0) is 12.3. The molecule has 5 nitrogen and oxygen atoms in total. The molecule has 5 heteroatoms. The molecule has 0 radical (unpaired) electrons. The third kappa shape index (κ3) is 2.69. The maximum Gasteiger partial charge on any atom is 0.0846 e. The molecule has 0 amide bonds. The summed E-state index contributed by atoms with van der Waals surface area (Å²) in [6.45, 7) is 2.08. The van der Waals surface area contributed by atoms with Crippen molar-refractivity contribution < 1.29 is 0 Å². The molecular formula is C12H17N5. The monoisotopic (exact) mass is 231 g/mol. The Balaban J connectivity index is 2.20. The molecule has 17 heavy (non-hydrogen) atoms. The summed E-state index contributed by atoms with van der Waals surface area (Å²) in [5, 5.41) is 7.99. The predicted molar refractivity (Wildman–Crippen MR) is 66.0 cm³/mol. The number of hydrogen-bond donors (Lipinski definition) is 2. The van der Waals surface area contributed by atoms with E-state index in [4.69, 9.17) is 5.84 Å². The van der Waals surface area contributed by atoms with Gasteiger partial charge in [0.05, 0.1) is 11.7 Å². The van der Waals surface area contributed by atoms with Gasteiger partial charge in [-0.1, -0.05) is 29.5 Å². The van der Waals surface area contributed by atoms with Crippen LogP contribution >= 0.6 is 0 Å². The molecule has 0 saturated carbocycles. The lowest BCUT2D eigenvalue weighted by Gasteiger charge is -2.17. The molecule has 2 aromatic rings. The minimum atomic E-state index is 0.0629. The van der Waals surface area contributed by atoms with E-state index in [1.807, 2.05) is 25.4 Å². The summed E-state index contributed by atoms with van der Waals surface area (Å²) < 4.78 is 1.70. The number of nitrogens with two attached hydrogens (primary N) is 1. The van der Waals surface area contributed by atoms with Gasteiger partial charge in [-0.2, -0.15) is 0 Å². The van der Waals surface area contributed by atoms with E-state index in [-0.39, 0.29) is 6.04 Å². The van der Waals surface area contributed by atoms with Crippen molar-refractivity contribution in [3.8, 4) is 0 Å². The predicted octanol–water partition coefficient (Wildman–Crippen LogP) is 0.871. The summed E-state index contributed by atoms with van der Waals surface area (Å²) in [7, 11) is 1.86. The largest absolute Gasteiger partial charge is 0.271 e. The molecule has 0 bridgehead atoms. The molecule has 1 aromatic heterocycles. The average molecular weight is 231 g/mol. The molecule has 1 aromatic carbocycles. The quantitative estimate of drug-likeness (QED) is 0.605. The Labute approximate surface area is 101 Å². The molecule has 0 spiro atoms. The van der Waals surface area contributed by atoms with Gasteiger partial charge >= 0.3 is 0 Å². The Morgan fingerprint density at radius 1 is 1.41 bits per heavy atom. The van der Waals surface area contributed by atoms with E-state index in [1.54, 1.807) is 4.68 Å². The lowest BCUT2D eigenvalue weighted by molar-refractivity contribution is 0.543. The molecule has 1 unspecified atom stereocenters. The Morgan fingerprint density at radius 2 is 2.18 bits per heavy atom. The molecule has 90 valence electrons. The number of hydrogen-bond acceptors (Lipinski definition) is 4. The van der Waals surface area contributed by atoms with E-state index in [2.05, 4.69) is 34.8 Å². The summed E-state index contributed by atoms with van der Waals surface area (Å²) in [5.74, 6) is 5.62. The van der Waals surface area contributed by atoms with Crippen molar-refractivity contribution in [1.82, 2.24) is 20.4 Å². The van der Waals surface area contributed by atoms with Gasteiger partial charge in [0.2, 0.25) is 0 Å².